The van der Waals surface area contributed by atoms with Gasteiger partial charge in [-0.3, -0.25) is 4.99 Å². The monoisotopic (exact) mass is 431 g/mol. The van der Waals surface area contributed by atoms with E-state index in [1.807, 2.05) is 6.21 Å². The Morgan fingerprint density at radius 2 is 1.80 bits per heavy atom. The summed E-state index contributed by atoms with van der Waals surface area (Å²) in [6.07, 6.45) is 2.40. The van der Waals surface area contributed by atoms with Gasteiger partial charge in [-0.2, -0.15) is 0 Å². The van der Waals surface area contributed by atoms with Crippen LogP contribution in [0.25, 0.3) is 0 Å². The van der Waals surface area contributed by atoms with E-state index in [2.05, 4.69) is 21.6 Å². The molecular weight excluding hydrogens is 398 g/mol. The van der Waals surface area contributed by atoms with Gasteiger partial charge in [-0.15, -0.1) is 13.2 Å². The number of unbranched alkanes of at least 4 members (excludes halogenated alkanes) is 1. The number of halogens is 4. The Morgan fingerprint density at radius 1 is 1.20 bits per heavy atom. The summed E-state index contributed by atoms with van der Waals surface area (Å²) in [5.74, 6) is 1.30. The average molecular weight is 432 g/mol. The second kappa shape index (κ2) is 13.4. The van der Waals surface area contributed by atoms with Crippen LogP contribution in [0.1, 0.15) is 51.0 Å². The van der Waals surface area contributed by atoms with Crippen LogP contribution in [0.2, 0.25) is 0 Å². The molecule has 30 heavy (non-hydrogen) atoms. The summed E-state index contributed by atoms with van der Waals surface area (Å²) in [7, 11) is 1.79. The molecule has 1 aliphatic carbocycles. The van der Waals surface area contributed by atoms with Crippen molar-refractivity contribution in [2.45, 2.75) is 64.9 Å². The number of benzene rings is 1. The molecule has 0 spiro atoms. The number of hydrogen-bond donors (Lipinski definition) is 1. The lowest BCUT2D eigenvalue weighted by atomic mass is 9.79. The van der Waals surface area contributed by atoms with Gasteiger partial charge >= 0.3 is 6.36 Å². The van der Waals surface area contributed by atoms with E-state index in [-0.39, 0.29) is 18.2 Å². The second-order valence-electron chi connectivity index (χ2n) is 7.41. The van der Waals surface area contributed by atoms with Crippen LogP contribution in [0.3, 0.4) is 0 Å². The number of hydrogen-bond acceptors (Lipinski definition) is 3. The number of nitrogens with zero attached hydrogens (tertiary/aromatic N) is 2. The van der Waals surface area contributed by atoms with Gasteiger partial charge in [0, 0.05) is 25.7 Å². The molecule has 1 atom stereocenters. The fraction of sp³-hybridized carbons (Fsp3) is 0.636. The fourth-order valence-corrected chi connectivity index (χ4v) is 3.30. The van der Waals surface area contributed by atoms with Crippen molar-refractivity contribution >= 4 is 12.1 Å². The number of nitrogens with two attached hydrogens (primary N) is 1. The van der Waals surface area contributed by atoms with Gasteiger partial charge in [0.1, 0.15) is 17.8 Å². The van der Waals surface area contributed by atoms with Crippen LogP contribution in [-0.2, 0) is 0 Å². The molecule has 0 amide bonds. The van der Waals surface area contributed by atoms with Gasteiger partial charge < -0.3 is 10.5 Å². The van der Waals surface area contributed by atoms with E-state index >= 15 is 0 Å². The Labute approximate surface area is 176 Å². The molecule has 2 N–H and O–H groups in total. The van der Waals surface area contributed by atoms with Crippen molar-refractivity contribution in [2.75, 3.05) is 13.6 Å². The minimum absolute atomic E-state index is 0.143. The van der Waals surface area contributed by atoms with Crippen molar-refractivity contribution in [3.63, 3.8) is 0 Å². The zero-order valence-corrected chi connectivity index (χ0v) is 18.0. The Morgan fingerprint density at radius 3 is 2.27 bits per heavy atom. The molecule has 0 heterocycles. The van der Waals surface area contributed by atoms with Crippen LogP contribution in [0, 0.1) is 18.8 Å². The molecular formula is C22H33F4N3O. The Bertz CT molecular complexity index is 651. The molecule has 1 aliphatic rings. The fourth-order valence-electron chi connectivity index (χ4n) is 3.30. The lowest BCUT2D eigenvalue weighted by Crippen LogP contribution is -2.30. The van der Waals surface area contributed by atoms with E-state index in [1.165, 1.54) is 12.1 Å². The minimum Gasteiger partial charge on any atom is -0.406 e. The molecule has 1 aromatic carbocycles. The first kappa shape index (κ1) is 26.1. The van der Waals surface area contributed by atoms with Crippen molar-refractivity contribution in [1.82, 2.24) is 0 Å². The van der Waals surface area contributed by atoms with E-state index < -0.39 is 12.5 Å². The molecule has 4 nitrogen and oxygen atoms in total. The van der Waals surface area contributed by atoms with E-state index in [1.54, 1.807) is 26.1 Å². The molecule has 1 fully saturated rings. The predicted molar refractivity (Wildman–Crippen MR) is 114 cm³/mol. The quantitative estimate of drug-likeness (QED) is 0.347. The summed E-state index contributed by atoms with van der Waals surface area (Å²) in [4.78, 5) is 8.73. The highest BCUT2D eigenvalue weighted by Gasteiger charge is 2.31. The highest BCUT2D eigenvalue weighted by Crippen LogP contribution is 2.32. The molecule has 0 aromatic heterocycles. The topological polar surface area (TPSA) is 60.0 Å². The van der Waals surface area contributed by atoms with Gasteiger partial charge in [-0.1, -0.05) is 31.0 Å². The summed E-state index contributed by atoms with van der Waals surface area (Å²) in [6, 6.07) is 5.67. The smallest absolute Gasteiger partial charge is 0.406 e. The lowest BCUT2D eigenvalue weighted by Gasteiger charge is -2.29. The third-order valence-corrected chi connectivity index (χ3v) is 5.00. The summed E-state index contributed by atoms with van der Waals surface area (Å²) >= 11 is 0. The van der Waals surface area contributed by atoms with Gasteiger partial charge in [-0.05, 0) is 57.1 Å². The summed E-state index contributed by atoms with van der Waals surface area (Å²) in [6.45, 7) is 4.07. The van der Waals surface area contributed by atoms with Gasteiger partial charge in [-0.25, -0.2) is 9.38 Å². The van der Waals surface area contributed by atoms with Crippen LogP contribution in [-0.4, -0.2) is 38.2 Å². The van der Waals surface area contributed by atoms with Gasteiger partial charge in [0.05, 0.1) is 0 Å². The van der Waals surface area contributed by atoms with Crippen molar-refractivity contribution in [2.24, 2.45) is 27.6 Å². The van der Waals surface area contributed by atoms with Gasteiger partial charge in [0.2, 0.25) is 0 Å². The van der Waals surface area contributed by atoms with E-state index in [4.69, 9.17) is 5.73 Å². The number of amidine groups is 1. The minimum atomic E-state index is -4.60. The predicted octanol–water partition coefficient (Wildman–Crippen LogP) is 5.88. The zero-order chi connectivity index (χ0) is 22.6. The number of aryl methyl sites for hydroxylation is 1. The van der Waals surface area contributed by atoms with Crippen LogP contribution in [0.5, 0.6) is 5.75 Å². The SMILES string of the molecule is CCCC=NC(=NC)C1CCC(C(F)CN)CC1.Cc1ccc(OC(F)(F)F)cc1. The molecule has 1 unspecified atom stereocenters. The molecule has 0 saturated heterocycles. The van der Waals surface area contributed by atoms with Crippen molar-refractivity contribution < 1.29 is 22.3 Å². The third kappa shape index (κ3) is 10.2. The Hall–Kier alpha value is -1.96. The Balaban J connectivity index is 0.000000325. The maximum Gasteiger partial charge on any atom is 0.573 e. The first-order chi connectivity index (χ1) is 14.2. The molecule has 2 rings (SSSR count). The molecule has 0 aliphatic heterocycles. The van der Waals surface area contributed by atoms with Crippen molar-refractivity contribution in [3.8, 4) is 5.75 Å². The summed E-state index contributed by atoms with van der Waals surface area (Å²) in [5, 5.41) is 0. The van der Waals surface area contributed by atoms with Crippen molar-refractivity contribution in [1.29, 1.82) is 0 Å². The Kier molecular flexibility index (Phi) is 11.6. The first-order valence-corrected chi connectivity index (χ1v) is 10.4. The molecule has 1 saturated carbocycles. The third-order valence-electron chi connectivity index (χ3n) is 5.00. The number of rotatable bonds is 6. The summed E-state index contributed by atoms with van der Waals surface area (Å²) in [5.41, 5.74) is 6.28. The number of aliphatic imine (C=N–C) groups is 2. The highest BCUT2D eigenvalue weighted by molar-refractivity contribution is 5.91. The second-order valence-corrected chi connectivity index (χ2v) is 7.41. The van der Waals surface area contributed by atoms with E-state index in [0.29, 0.717) is 5.92 Å². The van der Waals surface area contributed by atoms with Gasteiger partial charge in [0.25, 0.3) is 0 Å². The van der Waals surface area contributed by atoms with Crippen molar-refractivity contribution in [3.05, 3.63) is 29.8 Å². The highest BCUT2D eigenvalue weighted by atomic mass is 19.4. The maximum atomic E-state index is 13.5. The standard InChI is InChI=1S/C14H26FN3.C8H7F3O/c1-3-4-9-18-14(17-2)12-7-5-11(6-8-12)13(15)10-16;1-6-2-4-7(5-3-6)12-8(9,10)11/h9,11-13H,3-8,10,16H2,1-2H3;2-5H,1H3. The first-order valence-electron chi connectivity index (χ1n) is 10.4. The van der Waals surface area contributed by atoms with Crippen LogP contribution in [0.4, 0.5) is 17.6 Å². The van der Waals surface area contributed by atoms with Crippen LogP contribution in [0.15, 0.2) is 34.3 Å². The largest absolute Gasteiger partial charge is 0.573 e. The average Bonchev–Trinajstić information content (AvgIpc) is 2.72. The van der Waals surface area contributed by atoms with Crippen LogP contribution < -0.4 is 10.5 Å². The number of alkyl halides is 4. The number of ether oxygens (including phenoxy) is 1. The summed E-state index contributed by atoms with van der Waals surface area (Å²) < 4.78 is 52.0. The zero-order valence-electron chi connectivity index (χ0n) is 18.0. The normalized spacial score (nSPS) is 21.1. The van der Waals surface area contributed by atoms with E-state index in [9.17, 15) is 17.6 Å². The molecule has 0 radical (unpaired) electrons. The molecule has 170 valence electrons. The maximum absolute atomic E-state index is 13.5. The molecule has 8 heteroatoms. The lowest BCUT2D eigenvalue weighted by molar-refractivity contribution is -0.274. The molecule has 1 aromatic rings. The van der Waals surface area contributed by atoms with E-state index in [0.717, 1.165) is 49.9 Å². The molecule has 0 bridgehead atoms. The van der Waals surface area contributed by atoms with Gasteiger partial charge in [0.15, 0.2) is 0 Å². The van der Waals surface area contributed by atoms with Crippen LogP contribution >= 0.6 is 0 Å².